The van der Waals surface area contributed by atoms with Gasteiger partial charge in [0.1, 0.15) is 12.1 Å². The molecule has 1 saturated heterocycles. The molecule has 7 heteroatoms. The number of hydrogen-bond donors (Lipinski definition) is 1. The van der Waals surface area contributed by atoms with Gasteiger partial charge in [-0.15, -0.1) is 0 Å². The number of benzene rings is 1. The van der Waals surface area contributed by atoms with E-state index in [1.54, 1.807) is 6.33 Å². The summed E-state index contributed by atoms with van der Waals surface area (Å²) in [5, 5.41) is 7.89. The van der Waals surface area contributed by atoms with Crippen molar-refractivity contribution in [1.82, 2.24) is 25.1 Å². The lowest BCUT2D eigenvalue weighted by Gasteiger charge is -2.27. The van der Waals surface area contributed by atoms with Crippen molar-refractivity contribution in [3.05, 3.63) is 65.2 Å². The van der Waals surface area contributed by atoms with Crippen molar-refractivity contribution in [3.63, 3.8) is 0 Å². The van der Waals surface area contributed by atoms with Gasteiger partial charge in [0.05, 0.1) is 5.69 Å². The summed E-state index contributed by atoms with van der Waals surface area (Å²) in [6.07, 6.45) is 8.33. The molecule has 4 rings (SSSR count). The molecule has 34 heavy (non-hydrogen) atoms. The number of anilines is 1. The third-order valence-corrected chi connectivity index (χ3v) is 6.69. The van der Waals surface area contributed by atoms with Gasteiger partial charge in [-0.25, -0.2) is 14.6 Å². The topological polar surface area (TPSA) is 75.9 Å². The SMILES string of the molecule is Cc1nn(-c2cc(N3CCCCC3)ncn2)c(C)c1CCC(=O)NC(C)CCc1ccccc1. The van der Waals surface area contributed by atoms with Crippen LogP contribution in [0.5, 0.6) is 0 Å². The minimum Gasteiger partial charge on any atom is -0.356 e. The van der Waals surface area contributed by atoms with E-state index in [0.717, 1.165) is 54.5 Å². The van der Waals surface area contributed by atoms with Crippen LogP contribution in [0.2, 0.25) is 0 Å². The van der Waals surface area contributed by atoms with E-state index in [1.807, 2.05) is 23.7 Å². The standard InChI is InChI=1S/C27H36N6O/c1-20(12-13-23-10-6-4-7-11-23)30-27(34)15-14-24-21(2)31-33(22(24)3)26-18-25(28-19-29-26)32-16-8-5-9-17-32/h4,6-7,10-11,18-20H,5,8-9,12-17H2,1-3H3,(H,30,34). The average Bonchev–Trinajstić information content (AvgIpc) is 3.15. The second-order valence-electron chi connectivity index (χ2n) is 9.34. The quantitative estimate of drug-likeness (QED) is 0.514. The van der Waals surface area contributed by atoms with Crippen LogP contribution in [0.4, 0.5) is 5.82 Å². The number of rotatable bonds is 9. The van der Waals surface area contributed by atoms with Crippen LogP contribution in [0.25, 0.3) is 5.82 Å². The minimum atomic E-state index is 0.0848. The third-order valence-electron chi connectivity index (χ3n) is 6.69. The van der Waals surface area contributed by atoms with Gasteiger partial charge in [-0.2, -0.15) is 5.10 Å². The first-order valence-electron chi connectivity index (χ1n) is 12.5. The number of aromatic nitrogens is 4. The number of aryl methyl sites for hydroxylation is 2. The highest BCUT2D eigenvalue weighted by Gasteiger charge is 2.18. The minimum absolute atomic E-state index is 0.0848. The molecular formula is C27H36N6O. The molecule has 180 valence electrons. The van der Waals surface area contributed by atoms with Crippen LogP contribution in [-0.4, -0.2) is 44.8 Å². The first-order valence-corrected chi connectivity index (χ1v) is 12.5. The Hall–Kier alpha value is -3.22. The van der Waals surface area contributed by atoms with Crippen LogP contribution in [0.1, 0.15) is 61.5 Å². The second-order valence-corrected chi connectivity index (χ2v) is 9.34. The molecule has 1 aromatic carbocycles. The van der Waals surface area contributed by atoms with E-state index in [1.165, 1.54) is 24.8 Å². The molecule has 0 radical (unpaired) electrons. The molecule has 0 saturated carbocycles. The van der Waals surface area contributed by atoms with Gasteiger partial charge in [0.15, 0.2) is 5.82 Å². The second kappa shape index (κ2) is 11.3. The van der Waals surface area contributed by atoms with Gasteiger partial charge in [0, 0.05) is 37.3 Å². The van der Waals surface area contributed by atoms with E-state index in [-0.39, 0.29) is 11.9 Å². The largest absolute Gasteiger partial charge is 0.356 e. The fourth-order valence-corrected chi connectivity index (χ4v) is 4.69. The Balaban J connectivity index is 1.35. The number of nitrogens with zero attached hydrogens (tertiary/aromatic N) is 5. The van der Waals surface area contributed by atoms with Gasteiger partial charge in [-0.05, 0) is 70.4 Å². The lowest BCUT2D eigenvalue weighted by molar-refractivity contribution is -0.121. The molecule has 1 aliphatic heterocycles. The Kier molecular flexibility index (Phi) is 7.93. The zero-order valence-corrected chi connectivity index (χ0v) is 20.6. The van der Waals surface area contributed by atoms with E-state index in [2.05, 4.69) is 58.3 Å². The molecule has 1 aliphatic rings. The van der Waals surface area contributed by atoms with E-state index in [0.29, 0.717) is 12.8 Å². The number of nitrogens with one attached hydrogen (secondary N) is 1. The van der Waals surface area contributed by atoms with Crippen molar-refractivity contribution in [2.45, 2.75) is 71.8 Å². The summed E-state index contributed by atoms with van der Waals surface area (Å²) < 4.78 is 1.89. The Morgan fingerprint density at radius 1 is 1.03 bits per heavy atom. The highest BCUT2D eigenvalue weighted by atomic mass is 16.1. The number of piperidine rings is 1. The predicted molar refractivity (Wildman–Crippen MR) is 135 cm³/mol. The first-order chi connectivity index (χ1) is 16.5. The first kappa shape index (κ1) is 23.9. The summed E-state index contributed by atoms with van der Waals surface area (Å²) in [5.74, 6) is 1.82. The zero-order chi connectivity index (χ0) is 23.9. The van der Waals surface area contributed by atoms with Gasteiger partial charge in [-0.1, -0.05) is 30.3 Å². The summed E-state index contributed by atoms with van der Waals surface area (Å²) in [4.78, 5) is 23.9. The molecule has 2 aromatic heterocycles. The lowest BCUT2D eigenvalue weighted by Crippen LogP contribution is -2.33. The van der Waals surface area contributed by atoms with Crippen LogP contribution >= 0.6 is 0 Å². The van der Waals surface area contributed by atoms with E-state index in [9.17, 15) is 4.79 Å². The van der Waals surface area contributed by atoms with Crippen molar-refractivity contribution < 1.29 is 4.79 Å². The summed E-state index contributed by atoms with van der Waals surface area (Å²) in [5.41, 5.74) is 4.40. The van der Waals surface area contributed by atoms with Crippen LogP contribution in [-0.2, 0) is 17.6 Å². The average molecular weight is 461 g/mol. The van der Waals surface area contributed by atoms with E-state index in [4.69, 9.17) is 5.10 Å². The zero-order valence-electron chi connectivity index (χ0n) is 20.6. The maximum absolute atomic E-state index is 12.6. The molecule has 1 amide bonds. The van der Waals surface area contributed by atoms with Gasteiger partial charge in [0.2, 0.25) is 5.91 Å². The normalized spacial score (nSPS) is 14.7. The number of hydrogen-bond acceptors (Lipinski definition) is 5. The number of amides is 1. The fraction of sp³-hybridized carbons (Fsp3) is 0.481. The molecule has 1 atom stereocenters. The Bertz CT molecular complexity index is 1090. The summed E-state index contributed by atoms with van der Waals surface area (Å²) in [6.45, 7) is 8.21. The molecule has 1 N–H and O–H groups in total. The maximum atomic E-state index is 12.6. The van der Waals surface area contributed by atoms with E-state index < -0.39 is 0 Å². The van der Waals surface area contributed by atoms with Crippen molar-refractivity contribution in [2.24, 2.45) is 0 Å². The maximum Gasteiger partial charge on any atom is 0.220 e. The Morgan fingerprint density at radius 3 is 2.53 bits per heavy atom. The third kappa shape index (κ3) is 6.01. The summed E-state index contributed by atoms with van der Waals surface area (Å²) in [7, 11) is 0. The highest BCUT2D eigenvalue weighted by molar-refractivity contribution is 5.76. The molecule has 7 nitrogen and oxygen atoms in total. The molecule has 1 unspecified atom stereocenters. The molecule has 3 heterocycles. The predicted octanol–water partition coefficient (Wildman–Crippen LogP) is 4.34. The fourth-order valence-electron chi connectivity index (χ4n) is 4.69. The van der Waals surface area contributed by atoms with Crippen molar-refractivity contribution in [2.75, 3.05) is 18.0 Å². The molecule has 0 spiro atoms. The summed E-state index contributed by atoms with van der Waals surface area (Å²) in [6, 6.07) is 12.6. The van der Waals surface area contributed by atoms with E-state index >= 15 is 0 Å². The van der Waals surface area contributed by atoms with Crippen LogP contribution in [0.3, 0.4) is 0 Å². The highest BCUT2D eigenvalue weighted by Crippen LogP contribution is 2.22. The number of carbonyl (C=O) groups excluding carboxylic acids is 1. The smallest absolute Gasteiger partial charge is 0.220 e. The van der Waals surface area contributed by atoms with Gasteiger partial charge < -0.3 is 10.2 Å². The molecule has 1 fully saturated rings. The monoisotopic (exact) mass is 460 g/mol. The van der Waals surface area contributed by atoms with Crippen molar-refractivity contribution >= 4 is 11.7 Å². The molecule has 0 aliphatic carbocycles. The van der Waals surface area contributed by atoms with Crippen LogP contribution in [0, 0.1) is 13.8 Å². The van der Waals surface area contributed by atoms with Gasteiger partial charge >= 0.3 is 0 Å². The molecule has 0 bridgehead atoms. The Labute approximate surface area is 202 Å². The molecule has 3 aromatic rings. The van der Waals surface area contributed by atoms with Crippen molar-refractivity contribution in [3.8, 4) is 5.82 Å². The summed E-state index contributed by atoms with van der Waals surface area (Å²) >= 11 is 0. The van der Waals surface area contributed by atoms with Crippen LogP contribution < -0.4 is 10.2 Å². The Morgan fingerprint density at radius 2 is 1.76 bits per heavy atom. The van der Waals surface area contributed by atoms with Crippen LogP contribution in [0.15, 0.2) is 42.7 Å². The van der Waals surface area contributed by atoms with Gasteiger partial charge in [-0.3, -0.25) is 4.79 Å². The van der Waals surface area contributed by atoms with Crippen molar-refractivity contribution in [1.29, 1.82) is 0 Å². The number of carbonyl (C=O) groups is 1. The lowest BCUT2D eigenvalue weighted by atomic mass is 10.1. The molecular weight excluding hydrogens is 424 g/mol. The van der Waals surface area contributed by atoms with Gasteiger partial charge in [0.25, 0.3) is 0 Å².